The summed E-state index contributed by atoms with van der Waals surface area (Å²) in [6.07, 6.45) is 1.82. The quantitative estimate of drug-likeness (QED) is 0.541. The van der Waals surface area contributed by atoms with Gasteiger partial charge in [0.25, 0.3) is 5.91 Å². The number of methoxy groups -OCH3 is 1. The molecule has 28 heavy (non-hydrogen) atoms. The van der Waals surface area contributed by atoms with E-state index in [2.05, 4.69) is 15.5 Å². The first-order chi connectivity index (χ1) is 13.6. The number of para-hydroxylation sites is 1. The Balaban J connectivity index is 1.64. The van der Waals surface area contributed by atoms with Crippen molar-refractivity contribution in [3.05, 3.63) is 77.0 Å². The number of nitrogens with zero attached hydrogens (tertiary/aromatic N) is 1. The third kappa shape index (κ3) is 3.20. The predicted octanol–water partition coefficient (Wildman–Crippen LogP) is 3.63. The van der Waals surface area contributed by atoms with E-state index in [0.717, 1.165) is 22.2 Å². The minimum absolute atomic E-state index is 0.124. The van der Waals surface area contributed by atoms with Gasteiger partial charge >= 0.3 is 5.97 Å². The van der Waals surface area contributed by atoms with E-state index >= 15 is 0 Å². The molecule has 1 aliphatic heterocycles. The van der Waals surface area contributed by atoms with Crippen LogP contribution in [0.25, 0.3) is 17.0 Å². The molecule has 1 aliphatic rings. The molecule has 0 fully saturated rings. The summed E-state index contributed by atoms with van der Waals surface area (Å²) in [7, 11) is 1.35. The lowest BCUT2D eigenvalue weighted by Crippen LogP contribution is -2.16. The van der Waals surface area contributed by atoms with Crippen molar-refractivity contribution in [3.8, 4) is 0 Å². The molecule has 6 heteroatoms. The number of rotatable bonds is 4. The lowest BCUT2D eigenvalue weighted by Gasteiger charge is -2.12. The number of hydrogen-bond donors (Lipinski definition) is 2. The first-order valence-electron chi connectivity index (χ1n) is 8.93. The predicted molar refractivity (Wildman–Crippen MR) is 108 cm³/mol. The van der Waals surface area contributed by atoms with Crippen LogP contribution in [0.1, 0.15) is 34.5 Å². The van der Waals surface area contributed by atoms with Gasteiger partial charge < -0.3 is 9.72 Å². The van der Waals surface area contributed by atoms with Crippen LogP contribution in [0.4, 0.5) is 0 Å². The van der Waals surface area contributed by atoms with Crippen LogP contribution in [-0.2, 0) is 9.53 Å². The summed E-state index contributed by atoms with van der Waals surface area (Å²) in [6, 6.07) is 17.1. The number of amides is 1. The number of hydrazone groups is 1. The fourth-order valence-corrected chi connectivity index (χ4v) is 3.33. The Morgan fingerprint density at radius 1 is 1.14 bits per heavy atom. The monoisotopic (exact) mass is 373 g/mol. The third-order valence-electron chi connectivity index (χ3n) is 4.89. The van der Waals surface area contributed by atoms with Crippen LogP contribution < -0.4 is 5.43 Å². The molecule has 0 bridgehead atoms. The fourth-order valence-electron chi connectivity index (χ4n) is 3.33. The zero-order chi connectivity index (χ0) is 19.7. The Labute approximate surface area is 161 Å². The van der Waals surface area contributed by atoms with Crippen LogP contribution in [0.15, 0.2) is 65.3 Å². The Hall–Kier alpha value is -3.67. The number of esters is 1. The van der Waals surface area contributed by atoms with Crippen LogP contribution >= 0.6 is 0 Å². The van der Waals surface area contributed by atoms with E-state index in [1.165, 1.54) is 7.11 Å². The van der Waals surface area contributed by atoms with E-state index in [1.54, 1.807) is 12.1 Å². The number of benzene rings is 2. The summed E-state index contributed by atoms with van der Waals surface area (Å²) in [4.78, 5) is 27.3. The number of H-pyrrole nitrogens is 1. The zero-order valence-electron chi connectivity index (χ0n) is 15.5. The van der Waals surface area contributed by atoms with Crippen molar-refractivity contribution in [1.29, 1.82) is 0 Å². The fraction of sp³-hybridized carbons (Fsp3) is 0.136. The summed E-state index contributed by atoms with van der Waals surface area (Å²) < 4.78 is 4.73. The third-order valence-corrected chi connectivity index (χ3v) is 4.89. The number of ether oxygens (including phenoxy) is 1. The highest BCUT2D eigenvalue weighted by atomic mass is 16.5. The van der Waals surface area contributed by atoms with Crippen molar-refractivity contribution < 1.29 is 14.3 Å². The van der Waals surface area contributed by atoms with Gasteiger partial charge in [-0.1, -0.05) is 37.3 Å². The molecule has 1 amide bonds. The average molecular weight is 373 g/mol. The van der Waals surface area contributed by atoms with Crippen LogP contribution in [-0.4, -0.2) is 29.7 Å². The van der Waals surface area contributed by atoms with Gasteiger partial charge in [-0.2, -0.15) is 5.10 Å². The Morgan fingerprint density at radius 2 is 1.89 bits per heavy atom. The Kier molecular flexibility index (Phi) is 4.53. The number of fused-ring (bicyclic) bond motifs is 1. The summed E-state index contributed by atoms with van der Waals surface area (Å²) >= 11 is 0. The van der Waals surface area contributed by atoms with Crippen molar-refractivity contribution in [3.63, 3.8) is 0 Å². The van der Waals surface area contributed by atoms with Crippen molar-refractivity contribution in [2.45, 2.75) is 12.8 Å². The van der Waals surface area contributed by atoms with Gasteiger partial charge in [0.2, 0.25) is 0 Å². The highest BCUT2D eigenvalue weighted by Gasteiger charge is 2.28. The summed E-state index contributed by atoms with van der Waals surface area (Å²) in [5, 5.41) is 5.32. The van der Waals surface area contributed by atoms with E-state index in [4.69, 9.17) is 4.74 Å². The molecule has 0 spiro atoms. The van der Waals surface area contributed by atoms with Gasteiger partial charge in [-0.25, -0.2) is 10.2 Å². The second kappa shape index (κ2) is 7.15. The molecule has 6 nitrogen and oxygen atoms in total. The second-order valence-corrected chi connectivity index (χ2v) is 6.64. The van der Waals surface area contributed by atoms with E-state index in [9.17, 15) is 9.59 Å². The molecule has 3 aromatic rings. The van der Waals surface area contributed by atoms with E-state index in [0.29, 0.717) is 16.8 Å². The average Bonchev–Trinajstić information content (AvgIpc) is 3.30. The number of hydrogen-bond acceptors (Lipinski definition) is 4. The maximum absolute atomic E-state index is 12.4. The highest BCUT2D eigenvalue weighted by Crippen LogP contribution is 2.26. The van der Waals surface area contributed by atoms with Crippen molar-refractivity contribution in [2.24, 2.45) is 5.10 Å². The normalized spacial score (nSPS) is 16.1. The number of aromatic nitrogens is 1. The minimum atomic E-state index is -0.381. The molecule has 1 atom stereocenters. The molecule has 0 aliphatic carbocycles. The van der Waals surface area contributed by atoms with Gasteiger partial charge in [-0.15, -0.1) is 0 Å². The van der Waals surface area contributed by atoms with E-state index in [1.807, 2.05) is 55.5 Å². The van der Waals surface area contributed by atoms with E-state index < -0.39 is 0 Å². The molecular weight excluding hydrogens is 354 g/mol. The largest absolute Gasteiger partial charge is 0.465 e. The lowest BCUT2D eigenvalue weighted by molar-refractivity contribution is -0.116. The standard InChI is InChI=1S/C22H19N3O3/c1-13(14-7-9-15(10-8-14)22(27)28-2)20-18(21(26)25-24-20)12-17-11-16-5-3-4-6-19(16)23-17/h3-13,23H,1-2H3,(H,25,26)/b18-12+. The second-order valence-electron chi connectivity index (χ2n) is 6.64. The molecule has 0 saturated heterocycles. The lowest BCUT2D eigenvalue weighted by atomic mass is 9.90. The van der Waals surface area contributed by atoms with Gasteiger partial charge in [0, 0.05) is 17.1 Å². The molecule has 1 unspecified atom stereocenters. The van der Waals surface area contributed by atoms with Gasteiger partial charge in [-0.3, -0.25) is 4.79 Å². The number of carbonyl (C=O) groups is 2. The molecule has 1 aromatic heterocycles. The van der Waals surface area contributed by atoms with Gasteiger partial charge in [0.1, 0.15) is 0 Å². The summed E-state index contributed by atoms with van der Waals surface area (Å²) in [5.74, 6) is -0.735. The summed E-state index contributed by atoms with van der Waals surface area (Å²) in [6.45, 7) is 1.98. The first-order valence-corrected chi connectivity index (χ1v) is 8.93. The molecule has 0 radical (unpaired) electrons. The van der Waals surface area contributed by atoms with E-state index in [-0.39, 0.29) is 17.8 Å². The van der Waals surface area contributed by atoms with Gasteiger partial charge in [-0.05, 0) is 41.3 Å². The maximum Gasteiger partial charge on any atom is 0.337 e. The minimum Gasteiger partial charge on any atom is -0.465 e. The molecule has 2 N–H and O–H groups in total. The topological polar surface area (TPSA) is 83.5 Å². The molecule has 4 rings (SSSR count). The molecule has 2 heterocycles. The van der Waals surface area contributed by atoms with Crippen LogP contribution in [0.2, 0.25) is 0 Å². The number of aromatic amines is 1. The van der Waals surface area contributed by atoms with Gasteiger partial charge in [0.15, 0.2) is 0 Å². The van der Waals surface area contributed by atoms with Crippen molar-refractivity contribution >= 4 is 34.6 Å². The van der Waals surface area contributed by atoms with Crippen molar-refractivity contribution in [2.75, 3.05) is 7.11 Å². The molecule has 2 aromatic carbocycles. The smallest absolute Gasteiger partial charge is 0.337 e. The Bertz CT molecular complexity index is 1090. The van der Waals surface area contributed by atoms with Crippen LogP contribution in [0, 0.1) is 0 Å². The summed E-state index contributed by atoms with van der Waals surface area (Å²) in [5.41, 5.74) is 7.03. The highest BCUT2D eigenvalue weighted by molar-refractivity contribution is 6.29. The molecule has 140 valence electrons. The molecule has 0 saturated carbocycles. The number of nitrogens with one attached hydrogen (secondary N) is 2. The SMILES string of the molecule is COC(=O)c1ccc(C(C)C2=NNC(=O)/C2=C/c2cc3ccccc3[nH]2)cc1. The molecular formula is C22H19N3O3. The van der Waals surface area contributed by atoms with Crippen LogP contribution in [0.5, 0.6) is 0 Å². The maximum atomic E-state index is 12.4. The first kappa shape index (κ1) is 17.7. The van der Waals surface area contributed by atoms with Gasteiger partial charge in [0.05, 0.1) is 24.0 Å². The number of carbonyl (C=O) groups excluding carboxylic acids is 2. The van der Waals surface area contributed by atoms with Crippen molar-refractivity contribution in [1.82, 2.24) is 10.4 Å². The zero-order valence-corrected chi connectivity index (χ0v) is 15.5. The Morgan fingerprint density at radius 3 is 2.61 bits per heavy atom. The van der Waals surface area contributed by atoms with Crippen LogP contribution in [0.3, 0.4) is 0 Å².